The van der Waals surface area contributed by atoms with E-state index in [1.165, 1.54) is 6.33 Å². The molecule has 0 fully saturated rings. The SMILES string of the molecule is NC(Cc1cc(Cl)cc2c1OCC2)c1ncn[nH]1. The van der Waals surface area contributed by atoms with Crippen LogP contribution in [-0.4, -0.2) is 21.8 Å². The normalized spacial score (nSPS) is 15.2. The molecule has 18 heavy (non-hydrogen) atoms. The number of hydrogen-bond donors (Lipinski definition) is 2. The Labute approximate surface area is 109 Å². The number of nitrogens with two attached hydrogens (primary N) is 1. The molecule has 94 valence electrons. The summed E-state index contributed by atoms with van der Waals surface area (Å²) in [5.74, 6) is 1.59. The number of aromatic nitrogens is 3. The molecule has 0 amide bonds. The van der Waals surface area contributed by atoms with E-state index in [1.54, 1.807) is 0 Å². The Morgan fingerprint density at radius 3 is 3.17 bits per heavy atom. The molecule has 0 bridgehead atoms. The molecule has 1 aromatic carbocycles. The number of halogens is 1. The number of fused-ring (bicyclic) bond motifs is 1. The molecule has 1 aliphatic rings. The van der Waals surface area contributed by atoms with Crippen LogP contribution < -0.4 is 10.5 Å². The first kappa shape index (κ1) is 11.5. The first-order valence-corrected chi connectivity index (χ1v) is 6.17. The van der Waals surface area contributed by atoms with E-state index in [0.29, 0.717) is 18.9 Å². The zero-order valence-corrected chi connectivity index (χ0v) is 10.4. The number of aromatic amines is 1. The first-order valence-electron chi connectivity index (χ1n) is 5.79. The van der Waals surface area contributed by atoms with E-state index >= 15 is 0 Å². The quantitative estimate of drug-likeness (QED) is 0.883. The van der Waals surface area contributed by atoms with Crippen molar-refractivity contribution in [3.05, 3.63) is 40.4 Å². The standard InChI is InChI=1S/C12H13ClN4O/c13-9-3-7-1-2-18-11(7)8(4-9)5-10(14)12-15-6-16-17-12/h3-4,6,10H,1-2,5,14H2,(H,15,16,17). The van der Waals surface area contributed by atoms with Gasteiger partial charge in [-0.2, -0.15) is 5.10 Å². The average Bonchev–Trinajstić information content (AvgIpc) is 2.98. The molecule has 1 atom stereocenters. The predicted molar refractivity (Wildman–Crippen MR) is 67.7 cm³/mol. The van der Waals surface area contributed by atoms with Crippen LogP contribution in [0.25, 0.3) is 0 Å². The van der Waals surface area contributed by atoms with Crippen molar-refractivity contribution in [3.8, 4) is 5.75 Å². The van der Waals surface area contributed by atoms with Crippen LogP contribution in [0.1, 0.15) is 23.0 Å². The van der Waals surface area contributed by atoms with E-state index in [0.717, 1.165) is 28.3 Å². The lowest BCUT2D eigenvalue weighted by molar-refractivity contribution is 0.352. The number of nitrogens with zero attached hydrogens (tertiary/aromatic N) is 2. The Bertz CT molecular complexity index is 555. The topological polar surface area (TPSA) is 76.8 Å². The van der Waals surface area contributed by atoms with Crippen LogP contribution in [0.5, 0.6) is 5.75 Å². The molecule has 6 heteroatoms. The molecule has 2 heterocycles. The number of hydrogen-bond acceptors (Lipinski definition) is 4. The highest BCUT2D eigenvalue weighted by molar-refractivity contribution is 6.30. The molecule has 1 unspecified atom stereocenters. The van der Waals surface area contributed by atoms with Crippen LogP contribution in [0.3, 0.4) is 0 Å². The van der Waals surface area contributed by atoms with Gasteiger partial charge >= 0.3 is 0 Å². The minimum atomic E-state index is -0.237. The fraction of sp³-hybridized carbons (Fsp3) is 0.333. The van der Waals surface area contributed by atoms with Crippen molar-refractivity contribution in [3.63, 3.8) is 0 Å². The molecule has 0 saturated heterocycles. The van der Waals surface area contributed by atoms with Gasteiger partial charge in [0.05, 0.1) is 12.6 Å². The summed E-state index contributed by atoms with van der Waals surface area (Å²) in [7, 11) is 0. The number of H-pyrrole nitrogens is 1. The van der Waals surface area contributed by atoms with Gasteiger partial charge < -0.3 is 10.5 Å². The third kappa shape index (κ3) is 2.07. The van der Waals surface area contributed by atoms with Crippen LogP contribution in [0, 0.1) is 0 Å². The number of rotatable bonds is 3. The van der Waals surface area contributed by atoms with Gasteiger partial charge in [0.25, 0.3) is 0 Å². The maximum atomic E-state index is 6.10. The molecule has 1 aliphatic heterocycles. The summed E-state index contributed by atoms with van der Waals surface area (Å²) in [5, 5.41) is 7.30. The minimum Gasteiger partial charge on any atom is -0.493 e. The molecule has 0 spiro atoms. The van der Waals surface area contributed by atoms with Crippen LogP contribution >= 0.6 is 11.6 Å². The highest BCUT2D eigenvalue weighted by atomic mass is 35.5. The first-order chi connectivity index (χ1) is 8.74. The second-order valence-corrected chi connectivity index (χ2v) is 4.77. The van der Waals surface area contributed by atoms with E-state index in [-0.39, 0.29) is 6.04 Å². The summed E-state index contributed by atoms with van der Waals surface area (Å²) >= 11 is 6.10. The van der Waals surface area contributed by atoms with E-state index in [1.807, 2.05) is 12.1 Å². The number of nitrogens with one attached hydrogen (secondary N) is 1. The van der Waals surface area contributed by atoms with E-state index in [2.05, 4.69) is 15.2 Å². The van der Waals surface area contributed by atoms with Crippen molar-refractivity contribution in [2.75, 3.05) is 6.61 Å². The summed E-state index contributed by atoms with van der Waals surface area (Å²) in [5.41, 5.74) is 8.26. The van der Waals surface area contributed by atoms with Gasteiger partial charge in [0, 0.05) is 11.4 Å². The second kappa shape index (κ2) is 4.59. The van der Waals surface area contributed by atoms with Crippen molar-refractivity contribution in [1.82, 2.24) is 15.2 Å². The third-order valence-corrected chi connectivity index (χ3v) is 3.27. The van der Waals surface area contributed by atoms with Crippen LogP contribution in [0.2, 0.25) is 5.02 Å². The van der Waals surface area contributed by atoms with E-state index < -0.39 is 0 Å². The van der Waals surface area contributed by atoms with Crippen LogP contribution in [-0.2, 0) is 12.8 Å². The lowest BCUT2D eigenvalue weighted by atomic mass is 10.0. The average molecular weight is 265 g/mol. The Balaban J connectivity index is 1.89. The Hall–Kier alpha value is -1.59. The summed E-state index contributed by atoms with van der Waals surface area (Å²) < 4.78 is 5.64. The van der Waals surface area contributed by atoms with E-state index in [4.69, 9.17) is 22.1 Å². The van der Waals surface area contributed by atoms with Crippen molar-refractivity contribution in [2.45, 2.75) is 18.9 Å². The van der Waals surface area contributed by atoms with Crippen LogP contribution in [0.15, 0.2) is 18.5 Å². The summed E-state index contributed by atoms with van der Waals surface area (Å²) in [6.45, 7) is 0.709. The number of benzene rings is 1. The smallest absolute Gasteiger partial charge is 0.141 e. The second-order valence-electron chi connectivity index (χ2n) is 4.33. The number of ether oxygens (including phenoxy) is 1. The van der Waals surface area contributed by atoms with Crippen molar-refractivity contribution < 1.29 is 4.74 Å². The largest absolute Gasteiger partial charge is 0.493 e. The highest BCUT2D eigenvalue weighted by Gasteiger charge is 2.20. The van der Waals surface area contributed by atoms with Gasteiger partial charge in [0.2, 0.25) is 0 Å². The van der Waals surface area contributed by atoms with Gasteiger partial charge in [-0.1, -0.05) is 11.6 Å². The zero-order chi connectivity index (χ0) is 12.5. The van der Waals surface area contributed by atoms with Crippen molar-refractivity contribution in [2.24, 2.45) is 5.73 Å². The van der Waals surface area contributed by atoms with Gasteiger partial charge in [0.15, 0.2) is 0 Å². The summed E-state index contributed by atoms with van der Waals surface area (Å²) in [6.07, 6.45) is 2.98. The summed E-state index contributed by atoms with van der Waals surface area (Å²) in [6, 6.07) is 3.62. The molecule has 2 aromatic rings. The molecule has 0 aliphatic carbocycles. The Morgan fingerprint density at radius 1 is 1.50 bits per heavy atom. The van der Waals surface area contributed by atoms with Crippen LogP contribution in [0.4, 0.5) is 0 Å². The molecular formula is C12H13ClN4O. The molecule has 3 N–H and O–H groups in total. The summed E-state index contributed by atoms with van der Waals surface area (Å²) in [4.78, 5) is 4.06. The lowest BCUT2D eigenvalue weighted by Crippen LogP contribution is -2.15. The highest BCUT2D eigenvalue weighted by Crippen LogP contribution is 2.34. The molecule has 3 rings (SSSR count). The monoisotopic (exact) mass is 264 g/mol. The van der Waals surface area contributed by atoms with Crippen molar-refractivity contribution >= 4 is 11.6 Å². The molecular weight excluding hydrogens is 252 g/mol. The Kier molecular flexibility index (Phi) is 2.93. The van der Waals surface area contributed by atoms with Gasteiger partial charge in [0.1, 0.15) is 17.9 Å². The fourth-order valence-electron chi connectivity index (χ4n) is 2.22. The van der Waals surface area contributed by atoms with Gasteiger partial charge in [-0.25, -0.2) is 4.98 Å². The van der Waals surface area contributed by atoms with Gasteiger partial charge in [-0.15, -0.1) is 0 Å². The van der Waals surface area contributed by atoms with E-state index in [9.17, 15) is 0 Å². The predicted octanol–water partition coefficient (Wildman–Crippen LogP) is 1.64. The fourth-order valence-corrected chi connectivity index (χ4v) is 2.49. The van der Waals surface area contributed by atoms with Gasteiger partial charge in [-0.05, 0) is 29.7 Å². The minimum absolute atomic E-state index is 0.237. The van der Waals surface area contributed by atoms with Gasteiger partial charge in [-0.3, -0.25) is 5.10 Å². The maximum absolute atomic E-state index is 6.10. The Morgan fingerprint density at radius 2 is 2.39 bits per heavy atom. The maximum Gasteiger partial charge on any atom is 0.141 e. The molecule has 1 aromatic heterocycles. The third-order valence-electron chi connectivity index (χ3n) is 3.05. The molecule has 5 nitrogen and oxygen atoms in total. The van der Waals surface area contributed by atoms with Crippen molar-refractivity contribution in [1.29, 1.82) is 0 Å². The molecule has 0 saturated carbocycles. The lowest BCUT2D eigenvalue weighted by Gasteiger charge is -2.12. The zero-order valence-electron chi connectivity index (χ0n) is 9.69. The molecule has 0 radical (unpaired) electrons.